The van der Waals surface area contributed by atoms with Gasteiger partial charge in [-0.15, -0.1) is 0 Å². The SMILES string of the molecule is COc1cc(O)c(F)c(C(C)(C)CC(=O)O)c1. The van der Waals surface area contributed by atoms with E-state index < -0.39 is 23.0 Å². The smallest absolute Gasteiger partial charge is 0.304 e. The van der Waals surface area contributed by atoms with Gasteiger partial charge in [-0.25, -0.2) is 4.39 Å². The van der Waals surface area contributed by atoms with E-state index in [-0.39, 0.29) is 17.7 Å². The molecule has 0 aromatic heterocycles. The third kappa shape index (κ3) is 2.87. The first-order valence-corrected chi connectivity index (χ1v) is 5.06. The van der Waals surface area contributed by atoms with E-state index in [0.717, 1.165) is 6.07 Å². The second-order valence-corrected chi connectivity index (χ2v) is 4.46. The first-order chi connectivity index (χ1) is 7.77. The number of halogens is 1. The molecule has 17 heavy (non-hydrogen) atoms. The molecule has 0 bridgehead atoms. The van der Waals surface area contributed by atoms with Crippen LogP contribution in [0.2, 0.25) is 0 Å². The van der Waals surface area contributed by atoms with Crippen molar-refractivity contribution in [1.29, 1.82) is 0 Å². The van der Waals surface area contributed by atoms with Crippen molar-refractivity contribution in [3.05, 3.63) is 23.5 Å². The highest BCUT2D eigenvalue weighted by atomic mass is 19.1. The molecule has 0 heterocycles. The molecule has 94 valence electrons. The number of hydrogen-bond acceptors (Lipinski definition) is 3. The summed E-state index contributed by atoms with van der Waals surface area (Å²) in [5.41, 5.74) is -0.807. The highest BCUT2D eigenvalue weighted by Gasteiger charge is 2.29. The molecule has 0 spiro atoms. The zero-order valence-corrected chi connectivity index (χ0v) is 9.95. The van der Waals surface area contributed by atoms with Gasteiger partial charge < -0.3 is 14.9 Å². The zero-order valence-electron chi connectivity index (χ0n) is 9.95. The van der Waals surface area contributed by atoms with Crippen LogP contribution in [0.3, 0.4) is 0 Å². The minimum absolute atomic E-state index is 0.122. The Morgan fingerprint density at radius 3 is 2.53 bits per heavy atom. The number of carboxylic acids is 1. The van der Waals surface area contributed by atoms with Gasteiger partial charge in [0.05, 0.1) is 13.5 Å². The van der Waals surface area contributed by atoms with Crippen molar-refractivity contribution in [3.8, 4) is 11.5 Å². The Morgan fingerprint density at radius 1 is 1.47 bits per heavy atom. The van der Waals surface area contributed by atoms with E-state index in [9.17, 15) is 14.3 Å². The van der Waals surface area contributed by atoms with Crippen LogP contribution < -0.4 is 4.74 Å². The molecule has 1 aromatic carbocycles. The van der Waals surface area contributed by atoms with Crippen LogP contribution in [0.15, 0.2) is 12.1 Å². The molecular weight excluding hydrogens is 227 g/mol. The molecule has 0 aliphatic rings. The monoisotopic (exact) mass is 242 g/mol. The first kappa shape index (κ1) is 13.3. The van der Waals surface area contributed by atoms with Crippen LogP contribution in [-0.2, 0) is 10.2 Å². The number of carboxylic acid groups (broad SMARTS) is 1. The van der Waals surface area contributed by atoms with Crippen LogP contribution in [0.25, 0.3) is 0 Å². The Bertz CT molecular complexity index is 440. The van der Waals surface area contributed by atoms with Gasteiger partial charge in [-0.05, 0) is 6.07 Å². The van der Waals surface area contributed by atoms with E-state index in [4.69, 9.17) is 9.84 Å². The van der Waals surface area contributed by atoms with Gasteiger partial charge in [0.2, 0.25) is 0 Å². The molecule has 1 rings (SSSR count). The van der Waals surface area contributed by atoms with E-state index in [0.29, 0.717) is 0 Å². The van der Waals surface area contributed by atoms with Gasteiger partial charge in [0, 0.05) is 17.0 Å². The number of aromatic hydroxyl groups is 1. The van der Waals surface area contributed by atoms with Crippen LogP contribution in [0.5, 0.6) is 11.5 Å². The molecule has 0 atom stereocenters. The summed E-state index contributed by atoms with van der Waals surface area (Å²) in [7, 11) is 1.39. The van der Waals surface area contributed by atoms with Gasteiger partial charge in [0.15, 0.2) is 11.6 Å². The Hall–Kier alpha value is -1.78. The summed E-state index contributed by atoms with van der Waals surface area (Å²) in [6, 6.07) is 2.55. The molecule has 5 heteroatoms. The molecule has 0 aliphatic carbocycles. The molecule has 0 unspecified atom stereocenters. The Kier molecular flexibility index (Phi) is 3.60. The van der Waals surface area contributed by atoms with Gasteiger partial charge in [0.1, 0.15) is 5.75 Å². The Balaban J connectivity index is 3.28. The minimum Gasteiger partial charge on any atom is -0.505 e. The number of phenols is 1. The molecule has 0 aliphatic heterocycles. The molecule has 0 saturated heterocycles. The maximum Gasteiger partial charge on any atom is 0.304 e. The van der Waals surface area contributed by atoms with E-state index >= 15 is 0 Å². The number of ether oxygens (including phenoxy) is 1. The largest absolute Gasteiger partial charge is 0.505 e. The lowest BCUT2D eigenvalue weighted by Gasteiger charge is -2.24. The summed E-state index contributed by atoms with van der Waals surface area (Å²) < 4.78 is 18.7. The topological polar surface area (TPSA) is 66.8 Å². The average molecular weight is 242 g/mol. The van der Waals surface area contributed by atoms with Crippen molar-refractivity contribution in [2.45, 2.75) is 25.7 Å². The van der Waals surface area contributed by atoms with Crippen molar-refractivity contribution >= 4 is 5.97 Å². The molecular formula is C12H15FO4. The molecule has 1 aromatic rings. The number of hydrogen-bond donors (Lipinski definition) is 2. The van der Waals surface area contributed by atoms with Gasteiger partial charge in [0.25, 0.3) is 0 Å². The summed E-state index contributed by atoms with van der Waals surface area (Å²) in [6.45, 7) is 3.19. The van der Waals surface area contributed by atoms with E-state index in [1.54, 1.807) is 13.8 Å². The average Bonchev–Trinajstić information content (AvgIpc) is 2.19. The molecule has 4 nitrogen and oxygen atoms in total. The molecule has 2 N–H and O–H groups in total. The summed E-state index contributed by atoms with van der Waals surface area (Å²) >= 11 is 0. The summed E-state index contributed by atoms with van der Waals surface area (Å²) in [4.78, 5) is 10.7. The van der Waals surface area contributed by atoms with Crippen molar-refractivity contribution in [3.63, 3.8) is 0 Å². The minimum atomic E-state index is -1.03. The Morgan fingerprint density at radius 2 is 2.06 bits per heavy atom. The Labute approximate surface area is 98.7 Å². The normalized spacial score (nSPS) is 11.3. The molecule has 0 fully saturated rings. The quantitative estimate of drug-likeness (QED) is 0.850. The van der Waals surface area contributed by atoms with Gasteiger partial charge in [-0.3, -0.25) is 4.79 Å². The zero-order chi connectivity index (χ0) is 13.2. The van der Waals surface area contributed by atoms with E-state index in [2.05, 4.69) is 0 Å². The number of carbonyl (C=O) groups is 1. The highest BCUT2D eigenvalue weighted by Crippen LogP contribution is 2.36. The third-order valence-corrected chi connectivity index (χ3v) is 2.58. The predicted molar refractivity (Wildman–Crippen MR) is 59.9 cm³/mol. The lowest BCUT2D eigenvalue weighted by Crippen LogP contribution is -2.23. The molecule has 0 saturated carbocycles. The third-order valence-electron chi connectivity index (χ3n) is 2.58. The van der Waals surface area contributed by atoms with E-state index in [1.807, 2.05) is 0 Å². The number of methoxy groups -OCH3 is 1. The molecule has 0 amide bonds. The predicted octanol–water partition coefficient (Wildman–Crippen LogP) is 2.29. The molecule has 0 radical (unpaired) electrons. The fraction of sp³-hybridized carbons (Fsp3) is 0.417. The van der Waals surface area contributed by atoms with E-state index in [1.165, 1.54) is 13.2 Å². The van der Waals surface area contributed by atoms with Gasteiger partial charge >= 0.3 is 5.97 Å². The number of phenolic OH excluding ortho intramolecular Hbond substituents is 1. The van der Waals surface area contributed by atoms with Crippen LogP contribution in [-0.4, -0.2) is 23.3 Å². The summed E-state index contributed by atoms with van der Waals surface area (Å²) in [5, 5.41) is 18.2. The van der Waals surface area contributed by atoms with Crippen molar-refractivity contribution in [2.24, 2.45) is 0 Å². The summed E-state index contributed by atoms with van der Waals surface area (Å²) in [5.74, 6) is -2.09. The van der Waals surface area contributed by atoms with Gasteiger partial charge in [-0.2, -0.15) is 0 Å². The lowest BCUT2D eigenvalue weighted by atomic mass is 9.81. The van der Waals surface area contributed by atoms with Crippen molar-refractivity contribution < 1.29 is 24.1 Å². The standard InChI is InChI=1S/C12H15FO4/c1-12(2,6-10(15)16)8-4-7(17-3)5-9(14)11(8)13/h4-5,14H,6H2,1-3H3,(H,15,16). The summed E-state index contributed by atoms with van der Waals surface area (Å²) in [6.07, 6.45) is -0.240. The van der Waals surface area contributed by atoms with Crippen molar-refractivity contribution in [1.82, 2.24) is 0 Å². The fourth-order valence-corrected chi connectivity index (χ4v) is 1.67. The van der Waals surface area contributed by atoms with Crippen LogP contribution in [0.1, 0.15) is 25.8 Å². The number of aliphatic carboxylic acids is 1. The lowest BCUT2D eigenvalue weighted by molar-refractivity contribution is -0.138. The highest BCUT2D eigenvalue weighted by molar-refractivity contribution is 5.69. The maximum absolute atomic E-state index is 13.8. The van der Waals surface area contributed by atoms with Gasteiger partial charge in [-0.1, -0.05) is 13.8 Å². The van der Waals surface area contributed by atoms with Crippen LogP contribution >= 0.6 is 0 Å². The maximum atomic E-state index is 13.8. The van der Waals surface area contributed by atoms with Crippen molar-refractivity contribution in [2.75, 3.05) is 7.11 Å². The fourth-order valence-electron chi connectivity index (χ4n) is 1.67. The second-order valence-electron chi connectivity index (χ2n) is 4.46. The van der Waals surface area contributed by atoms with Crippen LogP contribution in [0.4, 0.5) is 4.39 Å². The number of benzene rings is 1. The number of rotatable bonds is 4. The van der Waals surface area contributed by atoms with Crippen LogP contribution in [0, 0.1) is 5.82 Å². The first-order valence-electron chi connectivity index (χ1n) is 5.06. The second kappa shape index (κ2) is 4.61.